The molecule has 0 spiro atoms. The first-order chi connectivity index (χ1) is 11.0. The number of rotatable bonds is 7. The summed E-state index contributed by atoms with van der Waals surface area (Å²) >= 11 is 1.57. The summed E-state index contributed by atoms with van der Waals surface area (Å²) in [4.78, 5) is 40.5. The van der Waals surface area contributed by atoms with Gasteiger partial charge in [0.25, 0.3) is 5.91 Å². The van der Waals surface area contributed by atoms with Crippen molar-refractivity contribution >= 4 is 29.2 Å². The van der Waals surface area contributed by atoms with Gasteiger partial charge in [0.05, 0.1) is 13.0 Å². The van der Waals surface area contributed by atoms with Crippen molar-refractivity contribution in [2.45, 2.75) is 19.0 Å². The van der Waals surface area contributed by atoms with Gasteiger partial charge in [-0.25, -0.2) is 4.79 Å². The Balaban J connectivity index is 2.05. The Bertz CT molecular complexity index is 575. The molecule has 2 heterocycles. The Hall–Kier alpha value is -1.93. The van der Waals surface area contributed by atoms with Crippen LogP contribution in [0.25, 0.3) is 0 Å². The van der Waals surface area contributed by atoms with E-state index in [-0.39, 0.29) is 24.3 Å². The van der Waals surface area contributed by atoms with Gasteiger partial charge in [0.15, 0.2) is 0 Å². The lowest BCUT2D eigenvalue weighted by Gasteiger charge is -2.24. The van der Waals surface area contributed by atoms with E-state index in [1.807, 2.05) is 16.8 Å². The number of imide groups is 1. The lowest BCUT2D eigenvalue weighted by Crippen LogP contribution is -2.40. The Morgan fingerprint density at radius 2 is 2.13 bits per heavy atom. The molecule has 1 aliphatic heterocycles. The fraction of sp³-hybridized carbons (Fsp3) is 0.533. The van der Waals surface area contributed by atoms with Crippen LogP contribution in [0.4, 0.5) is 4.79 Å². The Morgan fingerprint density at radius 3 is 2.65 bits per heavy atom. The molecule has 1 aliphatic rings. The standard InChI is InChI=1S/C15H21N3O4S/c1-16-12(14(20)17(2)15(16)21)8-13(19)18(5-6-22-3)9-11-4-7-23-10-11/h4,7,10,12H,5-6,8-9H2,1-3H3/t12-/m1/s1. The highest BCUT2D eigenvalue weighted by molar-refractivity contribution is 7.07. The summed E-state index contributed by atoms with van der Waals surface area (Å²) < 4.78 is 5.06. The number of hydrogen-bond donors (Lipinski definition) is 0. The molecule has 1 aromatic heterocycles. The third kappa shape index (κ3) is 3.89. The predicted molar refractivity (Wildman–Crippen MR) is 85.9 cm³/mol. The number of carbonyl (C=O) groups is 3. The second kappa shape index (κ2) is 7.56. The summed E-state index contributed by atoms with van der Waals surface area (Å²) in [6, 6.07) is 0.851. The highest BCUT2D eigenvalue weighted by atomic mass is 32.1. The van der Waals surface area contributed by atoms with Crippen molar-refractivity contribution in [3.8, 4) is 0 Å². The Morgan fingerprint density at radius 1 is 1.39 bits per heavy atom. The van der Waals surface area contributed by atoms with Gasteiger partial charge in [0.2, 0.25) is 5.91 Å². The smallest absolute Gasteiger partial charge is 0.326 e. The van der Waals surface area contributed by atoms with E-state index in [0.29, 0.717) is 19.7 Å². The zero-order chi connectivity index (χ0) is 17.0. The molecular formula is C15H21N3O4S. The number of ether oxygens (including phenoxy) is 1. The van der Waals surface area contributed by atoms with Crippen LogP contribution in [0.1, 0.15) is 12.0 Å². The molecule has 0 bridgehead atoms. The number of amides is 4. The van der Waals surface area contributed by atoms with Crippen LogP contribution in [0.15, 0.2) is 16.8 Å². The summed E-state index contributed by atoms with van der Waals surface area (Å²) in [5.74, 6) is -0.505. The van der Waals surface area contributed by atoms with Crippen molar-refractivity contribution in [1.29, 1.82) is 0 Å². The van der Waals surface area contributed by atoms with Crippen molar-refractivity contribution in [2.24, 2.45) is 0 Å². The maximum Gasteiger partial charge on any atom is 0.326 e. The maximum absolute atomic E-state index is 12.6. The second-order valence-electron chi connectivity index (χ2n) is 5.45. The van der Waals surface area contributed by atoms with Gasteiger partial charge >= 0.3 is 6.03 Å². The van der Waals surface area contributed by atoms with Crippen molar-refractivity contribution in [2.75, 3.05) is 34.4 Å². The SMILES string of the molecule is COCCN(Cc1ccsc1)C(=O)C[C@@H]1C(=O)N(C)C(=O)N1C. The van der Waals surface area contributed by atoms with Gasteiger partial charge in [-0.05, 0) is 22.4 Å². The first-order valence-electron chi connectivity index (χ1n) is 7.27. The van der Waals surface area contributed by atoms with Crippen LogP contribution in [0.5, 0.6) is 0 Å². The van der Waals surface area contributed by atoms with Gasteiger partial charge in [-0.15, -0.1) is 0 Å². The van der Waals surface area contributed by atoms with Crippen LogP contribution in [-0.2, 0) is 20.9 Å². The zero-order valence-electron chi connectivity index (χ0n) is 13.5. The number of methoxy groups -OCH3 is 1. The quantitative estimate of drug-likeness (QED) is 0.695. The molecule has 2 rings (SSSR count). The molecule has 0 N–H and O–H groups in total. The van der Waals surface area contributed by atoms with Gasteiger partial charge in [0, 0.05) is 34.3 Å². The molecule has 1 atom stereocenters. The molecule has 0 radical (unpaired) electrons. The molecule has 4 amide bonds. The molecule has 7 nitrogen and oxygen atoms in total. The molecule has 0 aromatic carbocycles. The fourth-order valence-electron chi connectivity index (χ4n) is 2.47. The molecule has 1 saturated heterocycles. The molecule has 8 heteroatoms. The van der Waals surface area contributed by atoms with E-state index in [1.165, 1.54) is 11.9 Å². The van der Waals surface area contributed by atoms with E-state index in [0.717, 1.165) is 10.5 Å². The van der Waals surface area contributed by atoms with Crippen molar-refractivity contribution in [3.05, 3.63) is 22.4 Å². The van der Waals surface area contributed by atoms with Crippen LogP contribution in [0.2, 0.25) is 0 Å². The normalized spacial score (nSPS) is 18.0. The number of hydrogen-bond acceptors (Lipinski definition) is 5. The van der Waals surface area contributed by atoms with Crippen molar-refractivity contribution in [3.63, 3.8) is 0 Å². The molecule has 0 aliphatic carbocycles. The van der Waals surface area contributed by atoms with E-state index < -0.39 is 6.04 Å². The number of likely N-dealkylation sites (N-methyl/N-ethyl adjacent to an activating group) is 2. The minimum Gasteiger partial charge on any atom is -0.383 e. The van der Waals surface area contributed by atoms with E-state index in [1.54, 1.807) is 30.4 Å². The van der Waals surface area contributed by atoms with Crippen LogP contribution in [0, 0.1) is 0 Å². The number of urea groups is 1. The van der Waals surface area contributed by atoms with Crippen molar-refractivity contribution in [1.82, 2.24) is 14.7 Å². The van der Waals surface area contributed by atoms with Crippen molar-refractivity contribution < 1.29 is 19.1 Å². The van der Waals surface area contributed by atoms with Gasteiger partial charge < -0.3 is 14.5 Å². The predicted octanol–water partition coefficient (Wildman–Crippen LogP) is 1.01. The van der Waals surface area contributed by atoms with Gasteiger partial charge in [-0.3, -0.25) is 14.5 Å². The lowest BCUT2D eigenvalue weighted by atomic mass is 10.1. The third-order valence-electron chi connectivity index (χ3n) is 3.91. The van der Waals surface area contributed by atoms with E-state index >= 15 is 0 Å². The summed E-state index contributed by atoms with van der Waals surface area (Å²) in [7, 11) is 4.55. The summed E-state index contributed by atoms with van der Waals surface area (Å²) in [5.41, 5.74) is 1.04. The van der Waals surface area contributed by atoms with Crippen LogP contribution in [-0.4, -0.2) is 72.9 Å². The number of carbonyl (C=O) groups excluding carboxylic acids is 3. The maximum atomic E-state index is 12.6. The number of thiophene rings is 1. The average molecular weight is 339 g/mol. The minimum absolute atomic E-state index is 0.0146. The van der Waals surface area contributed by atoms with Crippen LogP contribution >= 0.6 is 11.3 Å². The highest BCUT2D eigenvalue weighted by Gasteiger charge is 2.42. The highest BCUT2D eigenvalue weighted by Crippen LogP contribution is 2.19. The molecular weight excluding hydrogens is 318 g/mol. The molecule has 1 fully saturated rings. The molecule has 126 valence electrons. The van der Waals surface area contributed by atoms with E-state index in [9.17, 15) is 14.4 Å². The lowest BCUT2D eigenvalue weighted by molar-refractivity contribution is -0.137. The Kier molecular flexibility index (Phi) is 5.73. The van der Waals surface area contributed by atoms with Gasteiger partial charge in [-0.2, -0.15) is 11.3 Å². The van der Waals surface area contributed by atoms with Gasteiger partial charge in [-0.1, -0.05) is 0 Å². The minimum atomic E-state index is -0.729. The summed E-state index contributed by atoms with van der Waals surface area (Å²) in [6.07, 6.45) is -0.0146. The molecule has 23 heavy (non-hydrogen) atoms. The molecule has 0 unspecified atom stereocenters. The second-order valence-corrected chi connectivity index (χ2v) is 6.23. The van der Waals surface area contributed by atoms with E-state index in [4.69, 9.17) is 4.74 Å². The van der Waals surface area contributed by atoms with Gasteiger partial charge in [0.1, 0.15) is 6.04 Å². The third-order valence-corrected chi connectivity index (χ3v) is 4.64. The zero-order valence-corrected chi connectivity index (χ0v) is 14.3. The number of nitrogens with zero attached hydrogens (tertiary/aromatic N) is 3. The van der Waals surface area contributed by atoms with Crippen LogP contribution < -0.4 is 0 Å². The van der Waals surface area contributed by atoms with Crippen LogP contribution in [0.3, 0.4) is 0 Å². The summed E-state index contributed by atoms with van der Waals surface area (Å²) in [6.45, 7) is 1.34. The fourth-order valence-corrected chi connectivity index (χ4v) is 3.13. The average Bonchev–Trinajstić information content (AvgIpc) is 3.11. The Labute approximate surface area is 139 Å². The topological polar surface area (TPSA) is 70.2 Å². The first kappa shape index (κ1) is 17.4. The monoisotopic (exact) mass is 339 g/mol. The van der Waals surface area contributed by atoms with E-state index in [2.05, 4.69) is 0 Å². The summed E-state index contributed by atoms with van der Waals surface area (Å²) in [5, 5.41) is 3.94. The molecule has 1 aromatic rings. The largest absolute Gasteiger partial charge is 0.383 e. The molecule has 0 saturated carbocycles. The first-order valence-corrected chi connectivity index (χ1v) is 8.22.